The summed E-state index contributed by atoms with van der Waals surface area (Å²) in [6.45, 7) is 6.22. The standard InChI is InChI=1S/C25H30N4O3S/c1-17-6-11-22(18(2)13-17)26-14-24-27-28-25(29(24)15-21-5-4-12-32-21)33-16-23(30)19-7-9-20(31-3)10-8-19/h6-11,13,21,26H,4-5,12,14-16H2,1-3H3/t21-/m0/s1. The van der Waals surface area contributed by atoms with Crippen molar-refractivity contribution in [2.75, 3.05) is 24.8 Å². The normalized spacial score (nSPS) is 15.5. The van der Waals surface area contributed by atoms with Crippen LogP contribution in [-0.4, -0.2) is 46.1 Å². The predicted molar refractivity (Wildman–Crippen MR) is 130 cm³/mol. The lowest BCUT2D eigenvalue weighted by atomic mass is 10.1. The predicted octanol–water partition coefficient (Wildman–Crippen LogP) is 4.67. The van der Waals surface area contributed by atoms with E-state index in [1.54, 1.807) is 31.4 Å². The first-order valence-electron chi connectivity index (χ1n) is 11.2. The van der Waals surface area contributed by atoms with Gasteiger partial charge >= 0.3 is 0 Å². The van der Waals surface area contributed by atoms with Gasteiger partial charge in [-0.25, -0.2) is 0 Å². The van der Waals surface area contributed by atoms with Crippen LogP contribution >= 0.6 is 11.8 Å². The smallest absolute Gasteiger partial charge is 0.191 e. The molecule has 1 aromatic heterocycles. The molecule has 174 valence electrons. The Morgan fingerprint density at radius 3 is 2.73 bits per heavy atom. The van der Waals surface area contributed by atoms with Crippen LogP contribution in [0.3, 0.4) is 0 Å². The molecule has 3 aromatic rings. The van der Waals surface area contributed by atoms with Crippen molar-refractivity contribution in [1.82, 2.24) is 14.8 Å². The number of thioether (sulfide) groups is 1. The monoisotopic (exact) mass is 466 g/mol. The molecule has 1 atom stereocenters. The molecule has 0 aliphatic carbocycles. The molecular formula is C25H30N4O3S. The topological polar surface area (TPSA) is 78.3 Å². The Kier molecular flexibility index (Phi) is 7.67. The molecule has 1 aliphatic heterocycles. The molecule has 8 heteroatoms. The highest BCUT2D eigenvalue weighted by Gasteiger charge is 2.22. The van der Waals surface area contributed by atoms with E-state index in [4.69, 9.17) is 9.47 Å². The Balaban J connectivity index is 1.46. The summed E-state index contributed by atoms with van der Waals surface area (Å²) in [6, 6.07) is 13.5. The third-order valence-electron chi connectivity index (χ3n) is 5.77. The second-order valence-electron chi connectivity index (χ2n) is 8.26. The van der Waals surface area contributed by atoms with Gasteiger partial charge in [-0.1, -0.05) is 29.5 Å². The van der Waals surface area contributed by atoms with Gasteiger partial charge in [0.1, 0.15) is 5.75 Å². The van der Waals surface area contributed by atoms with Gasteiger partial charge in [0.25, 0.3) is 0 Å². The fourth-order valence-corrected chi connectivity index (χ4v) is 4.77. The first-order chi connectivity index (χ1) is 16.0. The molecule has 0 radical (unpaired) electrons. The third-order valence-corrected chi connectivity index (χ3v) is 6.73. The number of ketones is 1. The number of Topliss-reactive ketones (excluding diaryl/α,β-unsaturated/α-hetero) is 1. The highest BCUT2D eigenvalue weighted by atomic mass is 32.2. The number of nitrogens with zero attached hydrogens (tertiary/aromatic N) is 3. The quantitative estimate of drug-likeness (QED) is 0.344. The Morgan fingerprint density at radius 1 is 1.21 bits per heavy atom. The second-order valence-corrected chi connectivity index (χ2v) is 9.20. The van der Waals surface area contributed by atoms with E-state index in [1.807, 2.05) is 0 Å². The van der Waals surface area contributed by atoms with Crippen molar-refractivity contribution in [3.05, 3.63) is 65.0 Å². The summed E-state index contributed by atoms with van der Waals surface area (Å²) in [4.78, 5) is 12.7. The minimum Gasteiger partial charge on any atom is -0.497 e. The van der Waals surface area contributed by atoms with Gasteiger partial charge in [0, 0.05) is 17.9 Å². The number of carbonyl (C=O) groups is 1. The molecule has 1 fully saturated rings. The molecule has 4 rings (SSSR count). The summed E-state index contributed by atoms with van der Waals surface area (Å²) in [5.41, 5.74) is 4.17. The van der Waals surface area contributed by atoms with Crippen molar-refractivity contribution < 1.29 is 14.3 Å². The van der Waals surface area contributed by atoms with E-state index in [0.29, 0.717) is 24.4 Å². The van der Waals surface area contributed by atoms with E-state index in [1.165, 1.54) is 22.9 Å². The number of benzene rings is 2. The highest BCUT2D eigenvalue weighted by molar-refractivity contribution is 7.99. The lowest BCUT2D eigenvalue weighted by Gasteiger charge is -2.16. The van der Waals surface area contributed by atoms with Gasteiger partial charge in [-0.2, -0.15) is 0 Å². The van der Waals surface area contributed by atoms with Gasteiger partial charge < -0.3 is 19.4 Å². The molecule has 2 aromatic carbocycles. The highest BCUT2D eigenvalue weighted by Crippen LogP contribution is 2.24. The van der Waals surface area contributed by atoms with Gasteiger partial charge in [-0.05, 0) is 62.6 Å². The molecule has 0 spiro atoms. The number of hydrogen-bond acceptors (Lipinski definition) is 7. The number of hydrogen-bond donors (Lipinski definition) is 1. The molecule has 0 amide bonds. The van der Waals surface area contributed by atoms with Gasteiger partial charge in [0.05, 0.1) is 32.1 Å². The van der Waals surface area contributed by atoms with E-state index in [0.717, 1.165) is 41.9 Å². The fourth-order valence-electron chi connectivity index (χ4n) is 3.91. The molecule has 1 saturated heterocycles. The van der Waals surface area contributed by atoms with Crippen molar-refractivity contribution in [1.29, 1.82) is 0 Å². The van der Waals surface area contributed by atoms with E-state index in [2.05, 4.69) is 52.1 Å². The fraction of sp³-hybridized carbons (Fsp3) is 0.400. The zero-order chi connectivity index (χ0) is 23.2. The summed E-state index contributed by atoms with van der Waals surface area (Å²) in [5, 5.41) is 13.1. The van der Waals surface area contributed by atoms with Crippen LogP contribution in [0.15, 0.2) is 47.6 Å². The maximum atomic E-state index is 12.7. The van der Waals surface area contributed by atoms with Crippen molar-refractivity contribution in [3.8, 4) is 5.75 Å². The Labute approximate surface area is 198 Å². The van der Waals surface area contributed by atoms with Crippen molar-refractivity contribution in [2.45, 2.75) is 51.0 Å². The average molecular weight is 467 g/mol. The number of aromatic nitrogens is 3. The molecule has 0 unspecified atom stereocenters. The van der Waals surface area contributed by atoms with Crippen molar-refractivity contribution >= 4 is 23.2 Å². The average Bonchev–Trinajstić information content (AvgIpc) is 3.47. The van der Waals surface area contributed by atoms with Crippen LogP contribution in [0.2, 0.25) is 0 Å². The Morgan fingerprint density at radius 2 is 2.03 bits per heavy atom. The maximum Gasteiger partial charge on any atom is 0.191 e. The van der Waals surface area contributed by atoms with Crippen LogP contribution in [0, 0.1) is 13.8 Å². The minimum atomic E-state index is 0.0456. The van der Waals surface area contributed by atoms with Crippen LogP contribution in [0.5, 0.6) is 5.75 Å². The molecule has 7 nitrogen and oxygen atoms in total. The summed E-state index contributed by atoms with van der Waals surface area (Å²) >= 11 is 1.42. The first kappa shape index (κ1) is 23.3. The SMILES string of the molecule is COc1ccc(C(=O)CSc2nnc(CNc3ccc(C)cc3C)n2C[C@@H]2CCCO2)cc1. The number of nitrogens with one attached hydrogen (secondary N) is 1. The maximum absolute atomic E-state index is 12.7. The second kappa shape index (κ2) is 10.9. The lowest BCUT2D eigenvalue weighted by Crippen LogP contribution is -2.19. The van der Waals surface area contributed by atoms with Crippen molar-refractivity contribution in [3.63, 3.8) is 0 Å². The Hall–Kier alpha value is -2.84. The number of ether oxygens (including phenoxy) is 2. The number of rotatable bonds is 10. The van der Waals surface area contributed by atoms with Crippen LogP contribution in [-0.2, 0) is 17.8 Å². The van der Waals surface area contributed by atoms with Crippen LogP contribution in [0.1, 0.15) is 40.2 Å². The molecule has 33 heavy (non-hydrogen) atoms. The lowest BCUT2D eigenvalue weighted by molar-refractivity contribution is 0.0942. The van der Waals surface area contributed by atoms with Crippen LogP contribution < -0.4 is 10.1 Å². The van der Waals surface area contributed by atoms with Crippen molar-refractivity contribution in [2.24, 2.45) is 0 Å². The summed E-state index contributed by atoms with van der Waals surface area (Å²) in [7, 11) is 1.61. The minimum absolute atomic E-state index is 0.0456. The first-order valence-corrected chi connectivity index (χ1v) is 12.2. The third kappa shape index (κ3) is 5.94. The largest absolute Gasteiger partial charge is 0.497 e. The van der Waals surface area contributed by atoms with Crippen LogP contribution in [0.4, 0.5) is 5.69 Å². The Bertz CT molecular complexity index is 1090. The number of methoxy groups -OCH3 is 1. The summed E-state index contributed by atoms with van der Waals surface area (Å²) in [5.74, 6) is 1.91. The van der Waals surface area contributed by atoms with Gasteiger partial charge in [0.2, 0.25) is 0 Å². The molecule has 1 N–H and O–H groups in total. The van der Waals surface area contributed by atoms with E-state index in [9.17, 15) is 4.79 Å². The molecule has 0 bridgehead atoms. The number of aryl methyl sites for hydroxylation is 2. The van der Waals surface area contributed by atoms with Crippen LogP contribution in [0.25, 0.3) is 0 Å². The van der Waals surface area contributed by atoms with Gasteiger partial charge in [-0.3, -0.25) is 4.79 Å². The van der Waals surface area contributed by atoms with E-state index >= 15 is 0 Å². The number of anilines is 1. The molecular weight excluding hydrogens is 436 g/mol. The molecule has 0 saturated carbocycles. The van der Waals surface area contributed by atoms with Gasteiger partial charge in [-0.15, -0.1) is 10.2 Å². The summed E-state index contributed by atoms with van der Waals surface area (Å²) in [6.07, 6.45) is 2.25. The molecule has 2 heterocycles. The van der Waals surface area contributed by atoms with Gasteiger partial charge in [0.15, 0.2) is 16.8 Å². The molecule has 1 aliphatic rings. The van der Waals surface area contributed by atoms with E-state index < -0.39 is 0 Å². The summed E-state index contributed by atoms with van der Waals surface area (Å²) < 4.78 is 13.1. The zero-order valence-electron chi connectivity index (χ0n) is 19.3. The van der Waals surface area contributed by atoms with E-state index in [-0.39, 0.29) is 11.9 Å². The number of carbonyl (C=O) groups excluding carboxylic acids is 1. The zero-order valence-corrected chi connectivity index (χ0v) is 20.2.